The Morgan fingerprint density at radius 1 is 1.36 bits per heavy atom. The van der Waals surface area contributed by atoms with Crippen LogP contribution in [0, 0.1) is 5.92 Å². The smallest absolute Gasteiger partial charge is 0.208 e. The van der Waals surface area contributed by atoms with E-state index >= 15 is 0 Å². The first-order valence-corrected chi connectivity index (χ1v) is 5.57. The zero-order valence-electron chi connectivity index (χ0n) is 8.54. The number of aromatic amines is 1. The van der Waals surface area contributed by atoms with E-state index in [9.17, 15) is 0 Å². The summed E-state index contributed by atoms with van der Waals surface area (Å²) >= 11 is 0. The molecule has 3 heteroatoms. The van der Waals surface area contributed by atoms with Crippen LogP contribution < -0.4 is 4.74 Å². The highest BCUT2D eigenvalue weighted by Crippen LogP contribution is 2.26. The van der Waals surface area contributed by atoms with Gasteiger partial charge in [-0.1, -0.05) is 32.1 Å². The molecule has 0 saturated heterocycles. The van der Waals surface area contributed by atoms with E-state index in [4.69, 9.17) is 4.74 Å². The van der Waals surface area contributed by atoms with Gasteiger partial charge in [0.1, 0.15) is 0 Å². The summed E-state index contributed by atoms with van der Waals surface area (Å²) < 4.78 is 5.53. The average Bonchev–Trinajstić information content (AvgIpc) is 2.72. The summed E-state index contributed by atoms with van der Waals surface area (Å²) in [5.41, 5.74) is 0. The first-order valence-electron chi connectivity index (χ1n) is 5.57. The lowest BCUT2D eigenvalue weighted by Crippen LogP contribution is -2.10. The molecule has 1 aliphatic rings. The molecule has 78 valence electrons. The van der Waals surface area contributed by atoms with Crippen molar-refractivity contribution in [2.24, 2.45) is 5.92 Å². The molecule has 1 fully saturated rings. The van der Waals surface area contributed by atoms with Crippen LogP contribution in [0.5, 0.6) is 5.88 Å². The molecule has 3 nitrogen and oxygen atoms in total. The van der Waals surface area contributed by atoms with Gasteiger partial charge < -0.3 is 4.74 Å². The minimum atomic E-state index is 0.792. The molecule has 1 N–H and O–H groups in total. The van der Waals surface area contributed by atoms with Gasteiger partial charge >= 0.3 is 0 Å². The minimum absolute atomic E-state index is 0.792. The second-order valence-electron chi connectivity index (χ2n) is 4.06. The van der Waals surface area contributed by atoms with Crippen LogP contribution in [0.4, 0.5) is 0 Å². The molecule has 1 saturated carbocycles. The largest absolute Gasteiger partial charge is 0.478 e. The fraction of sp³-hybridized carbons (Fsp3) is 0.727. The van der Waals surface area contributed by atoms with E-state index in [0.29, 0.717) is 0 Å². The van der Waals surface area contributed by atoms with Crippen LogP contribution in [-0.4, -0.2) is 16.8 Å². The highest BCUT2D eigenvalue weighted by molar-refractivity contribution is 5.03. The Hall–Kier alpha value is -0.990. The molecule has 0 aromatic carbocycles. The van der Waals surface area contributed by atoms with E-state index in [1.807, 2.05) is 6.07 Å². The molecule has 2 rings (SSSR count). The van der Waals surface area contributed by atoms with Gasteiger partial charge in [-0.15, -0.1) is 0 Å². The number of H-pyrrole nitrogens is 1. The standard InChI is InChI=1S/C11H18N2O/c1-2-4-10(5-3-1)7-9-14-11-6-8-12-13-11/h6,8,10H,1-5,7,9H2,(H,12,13). The van der Waals surface area contributed by atoms with Crippen LogP contribution in [0.1, 0.15) is 38.5 Å². The molecule has 0 unspecified atom stereocenters. The van der Waals surface area contributed by atoms with Gasteiger partial charge in [0.15, 0.2) is 0 Å². The molecule has 0 amide bonds. The summed E-state index contributed by atoms with van der Waals surface area (Å²) in [6.07, 6.45) is 9.95. The van der Waals surface area contributed by atoms with Crippen molar-refractivity contribution in [2.75, 3.05) is 6.61 Å². The van der Waals surface area contributed by atoms with E-state index in [1.54, 1.807) is 6.20 Å². The Morgan fingerprint density at radius 3 is 2.93 bits per heavy atom. The second-order valence-corrected chi connectivity index (χ2v) is 4.06. The third-order valence-electron chi connectivity index (χ3n) is 2.98. The number of hydrogen-bond acceptors (Lipinski definition) is 2. The summed E-state index contributed by atoms with van der Waals surface area (Å²) in [5, 5.41) is 6.64. The lowest BCUT2D eigenvalue weighted by atomic mass is 9.87. The van der Waals surface area contributed by atoms with Gasteiger partial charge in [-0.05, 0) is 12.3 Å². The van der Waals surface area contributed by atoms with Crippen molar-refractivity contribution in [1.29, 1.82) is 0 Å². The molecule has 1 aromatic heterocycles. The maximum absolute atomic E-state index is 5.53. The molecule has 0 radical (unpaired) electrons. The topological polar surface area (TPSA) is 37.9 Å². The van der Waals surface area contributed by atoms with Gasteiger partial charge in [0, 0.05) is 6.07 Å². The molecule has 0 bridgehead atoms. The summed E-state index contributed by atoms with van der Waals surface area (Å²) in [4.78, 5) is 0. The third kappa shape index (κ3) is 2.76. The highest BCUT2D eigenvalue weighted by Gasteiger charge is 2.12. The van der Waals surface area contributed by atoms with Crippen molar-refractivity contribution in [3.05, 3.63) is 12.3 Å². The monoisotopic (exact) mass is 194 g/mol. The number of rotatable bonds is 4. The van der Waals surface area contributed by atoms with Crippen LogP contribution in [0.15, 0.2) is 12.3 Å². The average molecular weight is 194 g/mol. The molecule has 1 heterocycles. The fourth-order valence-corrected chi connectivity index (χ4v) is 2.13. The summed E-state index contributed by atoms with van der Waals surface area (Å²) in [6, 6.07) is 1.86. The first-order chi connectivity index (χ1) is 6.95. The predicted molar refractivity (Wildman–Crippen MR) is 55.3 cm³/mol. The SMILES string of the molecule is c1cc(OCCC2CCCCC2)[nH]n1. The van der Waals surface area contributed by atoms with E-state index in [2.05, 4.69) is 10.2 Å². The lowest BCUT2D eigenvalue weighted by molar-refractivity contribution is 0.240. The highest BCUT2D eigenvalue weighted by atomic mass is 16.5. The second kappa shape index (κ2) is 5.03. The third-order valence-corrected chi connectivity index (χ3v) is 2.98. The van der Waals surface area contributed by atoms with Crippen LogP contribution in [0.3, 0.4) is 0 Å². The number of aromatic nitrogens is 2. The molecule has 1 aromatic rings. The van der Waals surface area contributed by atoms with Crippen LogP contribution in [0.2, 0.25) is 0 Å². The van der Waals surface area contributed by atoms with Crippen LogP contribution in [0.25, 0.3) is 0 Å². The van der Waals surface area contributed by atoms with Gasteiger partial charge in [-0.25, -0.2) is 5.10 Å². The Labute approximate surface area is 84.9 Å². The van der Waals surface area contributed by atoms with Crippen molar-refractivity contribution in [2.45, 2.75) is 38.5 Å². The summed E-state index contributed by atoms with van der Waals surface area (Å²) in [5.74, 6) is 1.69. The molecule has 14 heavy (non-hydrogen) atoms. The van der Waals surface area contributed by atoms with E-state index in [-0.39, 0.29) is 0 Å². The molecule has 0 atom stereocenters. The molecule has 1 aliphatic carbocycles. The van der Waals surface area contributed by atoms with Crippen molar-refractivity contribution in [1.82, 2.24) is 10.2 Å². The maximum atomic E-state index is 5.53. The molecule has 0 aliphatic heterocycles. The van der Waals surface area contributed by atoms with Gasteiger partial charge in [0.2, 0.25) is 5.88 Å². The van der Waals surface area contributed by atoms with Gasteiger partial charge in [0.05, 0.1) is 12.8 Å². The predicted octanol–water partition coefficient (Wildman–Crippen LogP) is 2.76. The number of nitrogens with one attached hydrogen (secondary N) is 1. The molecule has 0 spiro atoms. The number of nitrogens with zero attached hydrogens (tertiary/aromatic N) is 1. The van der Waals surface area contributed by atoms with Crippen LogP contribution in [-0.2, 0) is 0 Å². The molecular weight excluding hydrogens is 176 g/mol. The zero-order valence-corrected chi connectivity index (χ0v) is 8.54. The summed E-state index contributed by atoms with van der Waals surface area (Å²) in [7, 11) is 0. The van der Waals surface area contributed by atoms with Crippen LogP contribution >= 0.6 is 0 Å². The van der Waals surface area contributed by atoms with Crippen molar-refractivity contribution in [3.8, 4) is 5.88 Å². The first kappa shape index (κ1) is 9.56. The Balaban J connectivity index is 1.62. The van der Waals surface area contributed by atoms with E-state index in [1.165, 1.54) is 38.5 Å². The number of ether oxygens (including phenoxy) is 1. The van der Waals surface area contributed by atoms with Crippen molar-refractivity contribution in [3.63, 3.8) is 0 Å². The zero-order chi connectivity index (χ0) is 9.64. The minimum Gasteiger partial charge on any atom is -0.478 e. The lowest BCUT2D eigenvalue weighted by Gasteiger charge is -2.20. The van der Waals surface area contributed by atoms with Gasteiger partial charge in [-0.2, -0.15) is 5.10 Å². The Kier molecular flexibility index (Phi) is 3.44. The molecular formula is C11H18N2O. The van der Waals surface area contributed by atoms with E-state index in [0.717, 1.165) is 18.4 Å². The number of hydrogen-bond donors (Lipinski definition) is 1. The Bertz CT molecular complexity index is 240. The van der Waals surface area contributed by atoms with Crippen molar-refractivity contribution >= 4 is 0 Å². The Morgan fingerprint density at radius 2 is 2.21 bits per heavy atom. The quantitative estimate of drug-likeness (QED) is 0.800. The van der Waals surface area contributed by atoms with Gasteiger partial charge in [-0.3, -0.25) is 0 Å². The van der Waals surface area contributed by atoms with Crippen molar-refractivity contribution < 1.29 is 4.74 Å². The maximum Gasteiger partial charge on any atom is 0.208 e. The normalized spacial score (nSPS) is 18.3. The van der Waals surface area contributed by atoms with Gasteiger partial charge in [0.25, 0.3) is 0 Å². The summed E-state index contributed by atoms with van der Waals surface area (Å²) in [6.45, 7) is 0.826. The van der Waals surface area contributed by atoms with E-state index < -0.39 is 0 Å². The fourth-order valence-electron chi connectivity index (χ4n) is 2.13.